The van der Waals surface area contributed by atoms with Crippen molar-refractivity contribution in [2.45, 2.75) is 13.3 Å². The van der Waals surface area contributed by atoms with Gasteiger partial charge >= 0.3 is 5.97 Å². The third-order valence-electron chi connectivity index (χ3n) is 4.60. The van der Waals surface area contributed by atoms with Crippen molar-refractivity contribution >= 4 is 40.1 Å². The zero-order valence-electron chi connectivity index (χ0n) is 15.7. The quantitative estimate of drug-likeness (QED) is 0.273. The number of carbonyl (C=O) groups excluding carboxylic acids is 1. The first-order chi connectivity index (χ1) is 14.0. The first-order valence-electron chi connectivity index (χ1n) is 9.11. The molecule has 1 aromatic heterocycles. The number of ether oxygens (including phenoxy) is 1. The van der Waals surface area contributed by atoms with Crippen LogP contribution in [0.1, 0.15) is 11.3 Å². The van der Waals surface area contributed by atoms with Crippen molar-refractivity contribution in [2.75, 3.05) is 0 Å². The van der Waals surface area contributed by atoms with Crippen molar-refractivity contribution in [1.82, 2.24) is 4.98 Å². The Morgan fingerprint density at radius 1 is 0.897 bits per heavy atom. The Kier molecular flexibility index (Phi) is 5.52. The number of hydrogen-bond donors (Lipinski definition) is 0. The Morgan fingerprint density at radius 2 is 1.59 bits per heavy atom. The Labute approximate surface area is 178 Å². The molecule has 0 saturated carbocycles. The maximum absolute atomic E-state index is 12.6. The summed E-state index contributed by atoms with van der Waals surface area (Å²) in [7, 11) is 0. The van der Waals surface area contributed by atoms with Crippen LogP contribution in [-0.2, 0) is 11.2 Å². The van der Waals surface area contributed by atoms with E-state index in [0.717, 1.165) is 22.4 Å². The fourth-order valence-electron chi connectivity index (χ4n) is 3.15. The molecule has 0 amide bonds. The number of aryl methyl sites for hydroxylation is 1. The van der Waals surface area contributed by atoms with Gasteiger partial charge in [0.05, 0.1) is 16.5 Å². The van der Waals surface area contributed by atoms with Crippen molar-refractivity contribution in [2.24, 2.45) is 0 Å². The van der Waals surface area contributed by atoms with Crippen LogP contribution in [0.3, 0.4) is 0 Å². The lowest BCUT2D eigenvalue weighted by molar-refractivity contribution is -0.133. The van der Waals surface area contributed by atoms with Gasteiger partial charge in [-0.05, 0) is 41.8 Å². The van der Waals surface area contributed by atoms with Gasteiger partial charge in [0.25, 0.3) is 0 Å². The van der Waals surface area contributed by atoms with Crippen molar-refractivity contribution in [3.05, 3.63) is 94.1 Å². The lowest BCUT2D eigenvalue weighted by Gasteiger charge is -2.11. The van der Waals surface area contributed by atoms with Gasteiger partial charge in [-0.3, -0.25) is 4.79 Å². The highest BCUT2D eigenvalue weighted by atomic mass is 35.5. The van der Waals surface area contributed by atoms with Crippen molar-refractivity contribution < 1.29 is 9.53 Å². The second-order valence-corrected chi connectivity index (χ2v) is 7.55. The number of benzene rings is 3. The van der Waals surface area contributed by atoms with E-state index in [4.69, 9.17) is 27.9 Å². The first-order valence-corrected chi connectivity index (χ1v) is 9.87. The van der Waals surface area contributed by atoms with Gasteiger partial charge in [0.15, 0.2) is 5.75 Å². The zero-order chi connectivity index (χ0) is 20.4. The SMILES string of the molecule is Cc1ccc2c(Cl)cc(Cl)c(OC(=O)Cc3ccc(-c4ccccc4)cc3)c2n1. The molecule has 5 heteroatoms. The second-order valence-electron chi connectivity index (χ2n) is 6.73. The Balaban J connectivity index is 1.55. The monoisotopic (exact) mass is 421 g/mol. The molecule has 0 spiro atoms. The van der Waals surface area contributed by atoms with E-state index in [-0.39, 0.29) is 17.2 Å². The van der Waals surface area contributed by atoms with Gasteiger partial charge in [-0.1, -0.05) is 77.8 Å². The summed E-state index contributed by atoms with van der Waals surface area (Å²) < 4.78 is 5.60. The van der Waals surface area contributed by atoms with E-state index in [9.17, 15) is 4.79 Å². The summed E-state index contributed by atoms with van der Waals surface area (Å²) in [5.41, 5.74) is 4.34. The minimum Gasteiger partial charge on any atom is -0.422 e. The van der Waals surface area contributed by atoms with Gasteiger partial charge in [-0.15, -0.1) is 0 Å². The second kappa shape index (κ2) is 8.24. The molecule has 3 nitrogen and oxygen atoms in total. The lowest BCUT2D eigenvalue weighted by Crippen LogP contribution is -2.12. The number of pyridine rings is 1. The topological polar surface area (TPSA) is 39.2 Å². The van der Waals surface area contributed by atoms with Gasteiger partial charge in [-0.2, -0.15) is 0 Å². The molecule has 0 bridgehead atoms. The van der Waals surface area contributed by atoms with E-state index in [1.807, 2.05) is 73.7 Å². The van der Waals surface area contributed by atoms with Gasteiger partial charge in [-0.25, -0.2) is 4.98 Å². The highest BCUT2D eigenvalue weighted by Crippen LogP contribution is 2.37. The van der Waals surface area contributed by atoms with Crippen LogP contribution >= 0.6 is 23.2 Å². The summed E-state index contributed by atoms with van der Waals surface area (Å²) in [5.74, 6) is -0.174. The van der Waals surface area contributed by atoms with E-state index >= 15 is 0 Å². The molecule has 0 saturated heterocycles. The predicted molar refractivity (Wildman–Crippen MR) is 118 cm³/mol. The molecule has 0 atom stereocenters. The van der Waals surface area contributed by atoms with Crippen LogP contribution in [0.25, 0.3) is 22.0 Å². The summed E-state index contributed by atoms with van der Waals surface area (Å²) in [4.78, 5) is 17.0. The number of aromatic nitrogens is 1. The van der Waals surface area contributed by atoms with Crippen LogP contribution < -0.4 is 4.74 Å². The van der Waals surface area contributed by atoms with Gasteiger partial charge < -0.3 is 4.74 Å². The number of esters is 1. The molecule has 29 heavy (non-hydrogen) atoms. The number of fused-ring (bicyclic) bond motifs is 1. The van der Waals surface area contributed by atoms with E-state index < -0.39 is 5.97 Å². The highest BCUT2D eigenvalue weighted by Gasteiger charge is 2.17. The van der Waals surface area contributed by atoms with Gasteiger partial charge in [0, 0.05) is 11.1 Å². The molecule has 0 aliphatic carbocycles. The minimum atomic E-state index is -0.411. The first kappa shape index (κ1) is 19.4. The molecule has 3 aromatic carbocycles. The maximum Gasteiger partial charge on any atom is 0.315 e. The van der Waals surface area contributed by atoms with Crippen molar-refractivity contribution in [1.29, 1.82) is 0 Å². The van der Waals surface area contributed by atoms with Crippen LogP contribution in [0.4, 0.5) is 0 Å². The largest absolute Gasteiger partial charge is 0.422 e. The molecule has 1 heterocycles. The van der Waals surface area contributed by atoms with E-state index in [1.54, 1.807) is 6.07 Å². The van der Waals surface area contributed by atoms with Crippen LogP contribution in [0, 0.1) is 6.92 Å². The maximum atomic E-state index is 12.6. The third kappa shape index (κ3) is 4.26. The summed E-state index contributed by atoms with van der Waals surface area (Å²) >= 11 is 12.5. The van der Waals surface area contributed by atoms with Crippen LogP contribution in [0.2, 0.25) is 10.0 Å². The summed E-state index contributed by atoms with van der Waals surface area (Å²) in [6, 6.07) is 23.2. The fraction of sp³-hybridized carbons (Fsp3) is 0.0833. The molecule has 0 fully saturated rings. The highest BCUT2D eigenvalue weighted by molar-refractivity contribution is 6.39. The third-order valence-corrected chi connectivity index (χ3v) is 5.20. The predicted octanol–water partition coefficient (Wildman–Crippen LogP) is 6.67. The molecule has 4 rings (SSSR count). The van der Waals surface area contributed by atoms with E-state index in [1.165, 1.54) is 0 Å². The van der Waals surface area contributed by atoms with Crippen molar-refractivity contribution in [3.63, 3.8) is 0 Å². The number of nitrogens with zero attached hydrogens (tertiary/aromatic N) is 1. The number of halogens is 2. The number of hydrogen-bond acceptors (Lipinski definition) is 3. The minimum absolute atomic E-state index is 0.126. The standard InChI is InChI=1S/C24H17Cl2NO2/c1-15-7-12-19-20(25)14-21(26)24(23(19)27-15)29-22(28)13-16-8-10-18(11-9-16)17-5-3-2-4-6-17/h2-12,14H,13H2,1H3. The molecule has 0 unspecified atom stereocenters. The fourth-order valence-corrected chi connectivity index (χ4v) is 3.70. The van der Waals surface area contributed by atoms with Gasteiger partial charge in [0.2, 0.25) is 0 Å². The summed E-state index contributed by atoms with van der Waals surface area (Å²) in [6.07, 6.45) is 0.126. The summed E-state index contributed by atoms with van der Waals surface area (Å²) in [6.45, 7) is 1.86. The van der Waals surface area contributed by atoms with Gasteiger partial charge in [0.1, 0.15) is 5.52 Å². The Morgan fingerprint density at radius 3 is 2.31 bits per heavy atom. The normalized spacial score (nSPS) is 10.9. The molecule has 0 aliphatic rings. The molecule has 0 radical (unpaired) electrons. The van der Waals surface area contributed by atoms with Crippen LogP contribution in [-0.4, -0.2) is 11.0 Å². The molecule has 144 valence electrons. The molecule has 0 N–H and O–H groups in total. The van der Waals surface area contributed by atoms with E-state index in [2.05, 4.69) is 4.98 Å². The van der Waals surface area contributed by atoms with Crippen LogP contribution in [0.5, 0.6) is 5.75 Å². The summed E-state index contributed by atoms with van der Waals surface area (Å²) in [5, 5.41) is 1.42. The molecule has 4 aromatic rings. The van der Waals surface area contributed by atoms with Crippen LogP contribution in [0.15, 0.2) is 72.8 Å². The zero-order valence-corrected chi connectivity index (χ0v) is 17.2. The number of rotatable bonds is 4. The Hall–Kier alpha value is -2.88. The number of carbonyl (C=O) groups is 1. The molecule has 0 aliphatic heterocycles. The van der Waals surface area contributed by atoms with Crippen molar-refractivity contribution in [3.8, 4) is 16.9 Å². The average molecular weight is 422 g/mol. The smallest absolute Gasteiger partial charge is 0.315 e. The molecular weight excluding hydrogens is 405 g/mol. The average Bonchev–Trinajstić information content (AvgIpc) is 2.72. The molecular formula is C24H17Cl2NO2. The Bertz CT molecular complexity index is 1190. The lowest BCUT2D eigenvalue weighted by atomic mass is 10.0. The van der Waals surface area contributed by atoms with E-state index in [0.29, 0.717) is 15.9 Å².